The lowest BCUT2D eigenvalue weighted by molar-refractivity contribution is -0.0175. The Labute approximate surface area is 80.9 Å². The molecule has 1 fully saturated rings. The summed E-state index contributed by atoms with van der Waals surface area (Å²) in [6, 6.07) is 2.12. The molecule has 0 amide bonds. The second-order valence-electron chi connectivity index (χ2n) is 4.30. The van der Waals surface area contributed by atoms with E-state index in [1.54, 1.807) is 0 Å². The molecule has 1 aliphatic rings. The van der Waals surface area contributed by atoms with Gasteiger partial charge in [-0.2, -0.15) is 5.26 Å². The van der Waals surface area contributed by atoms with E-state index in [4.69, 9.17) is 10.00 Å². The molecule has 0 aromatic carbocycles. The summed E-state index contributed by atoms with van der Waals surface area (Å²) in [5, 5.41) is 8.61. The van der Waals surface area contributed by atoms with Crippen molar-refractivity contribution in [2.24, 2.45) is 11.8 Å². The molecule has 2 nitrogen and oxygen atoms in total. The van der Waals surface area contributed by atoms with Gasteiger partial charge in [0, 0.05) is 0 Å². The molecule has 0 radical (unpaired) electrons. The van der Waals surface area contributed by atoms with E-state index >= 15 is 0 Å². The quantitative estimate of drug-likeness (QED) is 0.656. The molecule has 0 aromatic rings. The fraction of sp³-hybridized carbons (Fsp3) is 0.909. The molecular formula is C11H19NO. The highest BCUT2D eigenvalue weighted by atomic mass is 16.5. The molecule has 0 aromatic heterocycles. The lowest BCUT2D eigenvalue weighted by Gasteiger charge is -2.32. The number of rotatable bonds is 2. The van der Waals surface area contributed by atoms with E-state index in [9.17, 15) is 0 Å². The average Bonchev–Trinajstić information content (AvgIpc) is 2.11. The Bertz CT molecular complexity index is 197. The van der Waals surface area contributed by atoms with Gasteiger partial charge in [-0.25, -0.2) is 0 Å². The van der Waals surface area contributed by atoms with Crippen LogP contribution < -0.4 is 0 Å². The SMILES string of the molecule is CC(C#N)OC1CCC(C)C(C)C1. The molecule has 0 N–H and O–H groups in total. The topological polar surface area (TPSA) is 33.0 Å². The molecule has 0 spiro atoms. The van der Waals surface area contributed by atoms with Crippen molar-refractivity contribution in [3.8, 4) is 6.07 Å². The zero-order chi connectivity index (χ0) is 9.84. The van der Waals surface area contributed by atoms with Gasteiger partial charge in [-0.05, 0) is 38.0 Å². The van der Waals surface area contributed by atoms with E-state index in [1.807, 2.05) is 6.92 Å². The second kappa shape index (κ2) is 4.62. The van der Waals surface area contributed by atoms with Gasteiger partial charge in [0.1, 0.15) is 6.10 Å². The number of hydrogen-bond acceptors (Lipinski definition) is 2. The lowest BCUT2D eigenvalue weighted by Crippen LogP contribution is -2.29. The largest absolute Gasteiger partial charge is 0.360 e. The van der Waals surface area contributed by atoms with Crippen molar-refractivity contribution in [3.05, 3.63) is 0 Å². The molecule has 1 aliphatic carbocycles. The highest BCUT2D eigenvalue weighted by Crippen LogP contribution is 2.31. The van der Waals surface area contributed by atoms with Gasteiger partial charge in [-0.15, -0.1) is 0 Å². The van der Waals surface area contributed by atoms with E-state index in [0.29, 0.717) is 6.10 Å². The van der Waals surface area contributed by atoms with E-state index in [2.05, 4.69) is 19.9 Å². The summed E-state index contributed by atoms with van der Waals surface area (Å²) in [5.41, 5.74) is 0. The van der Waals surface area contributed by atoms with Crippen LogP contribution in [0.4, 0.5) is 0 Å². The number of hydrogen-bond donors (Lipinski definition) is 0. The van der Waals surface area contributed by atoms with Crippen LogP contribution in [0.1, 0.15) is 40.0 Å². The molecule has 1 saturated carbocycles. The van der Waals surface area contributed by atoms with Gasteiger partial charge in [-0.3, -0.25) is 0 Å². The van der Waals surface area contributed by atoms with Gasteiger partial charge in [-0.1, -0.05) is 13.8 Å². The zero-order valence-electron chi connectivity index (χ0n) is 8.79. The predicted molar refractivity (Wildman–Crippen MR) is 52.1 cm³/mol. The van der Waals surface area contributed by atoms with Crippen LogP contribution in [-0.4, -0.2) is 12.2 Å². The Morgan fingerprint density at radius 2 is 2.00 bits per heavy atom. The second-order valence-corrected chi connectivity index (χ2v) is 4.30. The van der Waals surface area contributed by atoms with Crippen LogP contribution in [0, 0.1) is 23.2 Å². The predicted octanol–water partition coefficient (Wildman–Crippen LogP) is 2.74. The van der Waals surface area contributed by atoms with Crippen LogP contribution in [-0.2, 0) is 4.74 Å². The summed E-state index contributed by atoms with van der Waals surface area (Å²) < 4.78 is 5.60. The van der Waals surface area contributed by atoms with Gasteiger partial charge in [0.2, 0.25) is 0 Å². The smallest absolute Gasteiger partial charge is 0.141 e. The molecule has 4 unspecified atom stereocenters. The van der Waals surface area contributed by atoms with Crippen LogP contribution in [0.25, 0.3) is 0 Å². The Hall–Kier alpha value is -0.550. The first-order valence-electron chi connectivity index (χ1n) is 5.18. The fourth-order valence-electron chi connectivity index (χ4n) is 1.94. The van der Waals surface area contributed by atoms with Gasteiger partial charge in [0.05, 0.1) is 12.2 Å². The van der Waals surface area contributed by atoms with Crippen molar-refractivity contribution in [3.63, 3.8) is 0 Å². The van der Waals surface area contributed by atoms with Crippen molar-refractivity contribution in [1.82, 2.24) is 0 Å². The van der Waals surface area contributed by atoms with Crippen LogP contribution in [0.2, 0.25) is 0 Å². The van der Waals surface area contributed by atoms with E-state index < -0.39 is 0 Å². The third-order valence-corrected chi connectivity index (χ3v) is 3.13. The number of nitriles is 1. The van der Waals surface area contributed by atoms with Crippen LogP contribution in [0.3, 0.4) is 0 Å². The van der Waals surface area contributed by atoms with Crippen LogP contribution in [0.5, 0.6) is 0 Å². The molecular weight excluding hydrogens is 162 g/mol. The Morgan fingerprint density at radius 3 is 2.54 bits per heavy atom. The van der Waals surface area contributed by atoms with Crippen molar-refractivity contribution in [2.75, 3.05) is 0 Å². The minimum Gasteiger partial charge on any atom is -0.360 e. The molecule has 0 heterocycles. The standard InChI is InChI=1S/C11H19NO/c1-8-4-5-11(6-9(8)2)13-10(3)7-12/h8-11H,4-6H2,1-3H3. The maximum Gasteiger partial charge on any atom is 0.141 e. The Kier molecular flexibility index (Phi) is 3.74. The number of nitrogens with zero attached hydrogens (tertiary/aromatic N) is 1. The highest BCUT2D eigenvalue weighted by Gasteiger charge is 2.25. The first-order valence-corrected chi connectivity index (χ1v) is 5.18. The normalized spacial score (nSPS) is 36.6. The Morgan fingerprint density at radius 1 is 1.31 bits per heavy atom. The summed E-state index contributed by atoms with van der Waals surface area (Å²) in [7, 11) is 0. The van der Waals surface area contributed by atoms with Gasteiger partial charge >= 0.3 is 0 Å². The van der Waals surface area contributed by atoms with E-state index in [-0.39, 0.29) is 6.10 Å². The van der Waals surface area contributed by atoms with Crippen LogP contribution >= 0.6 is 0 Å². The first kappa shape index (κ1) is 10.5. The highest BCUT2D eigenvalue weighted by molar-refractivity contribution is 4.83. The Balaban J connectivity index is 2.34. The molecule has 1 rings (SSSR count). The fourth-order valence-corrected chi connectivity index (χ4v) is 1.94. The third-order valence-electron chi connectivity index (χ3n) is 3.13. The minimum atomic E-state index is -0.245. The van der Waals surface area contributed by atoms with Gasteiger partial charge in [0.25, 0.3) is 0 Å². The molecule has 4 atom stereocenters. The maximum atomic E-state index is 8.61. The van der Waals surface area contributed by atoms with Crippen molar-refractivity contribution < 1.29 is 4.74 Å². The first-order chi connectivity index (χ1) is 6.13. The average molecular weight is 181 g/mol. The maximum absolute atomic E-state index is 8.61. The van der Waals surface area contributed by atoms with Gasteiger partial charge in [0.15, 0.2) is 0 Å². The monoisotopic (exact) mass is 181 g/mol. The van der Waals surface area contributed by atoms with Crippen LogP contribution in [0.15, 0.2) is 0 Å². The summed E-state index contributed by atoms with van der Waals surface area (Å²) in [6.45, 7) is 6.40. The van der Waals surface area contributed by atoms with Crippen molar-refractivity contribution >= 4 is 0 Å². The lowest BCUT2D eigenvalue weighted by atomic mass is 9.80. The summed E-state index contributed by atoms with van der Waals surface area (Å²) in [6.07, 6.45) is 3.56. The number of ether oxygens (including phenoxy) is 1. The van der Waals surface area contributed by atoms with Crippen molar-refractivity contribution in [1.29, 1.82) is 5.26 Å². The molecule has 0 saturated heterocycles. The van der Waals surface area contributed by atoms with Gasteiger partial charge < -0.3 is 4.74 Å². The minimum absolute atomic E-state index is 0.245. The summed E-state index contributed by atoms with van der Waals surface area (Å²) in [5.74, 6) is 1.56. The van der Waals surface area contributed by atoms with Crippen molar-refractivity contribution in [2.45, 2.75) is 52.2 Å². The van der Waals surface area contributed by atoms with E-state index in [1.165, 1.54) is 6.42 Å². The molecule has 0 aliphatic heterocycles. The molecule has 13 heavy (non-hydrogen) atoms. The zero-order valence-corrected chi connectivity index (χ0v) is 8.79. The summed E-state index contributed by atoms with van der Waals surface area (Å²) in [4.78, 5) is 0. The molecule has 0 bridgehead atoms. The molecule has 74 valence electrons. The van der Waals surface area contributed by atoms with E-state index in [0.717, 1.165) is 24.7 Å². The third kappa shape index (κ3) is 3.00. The summed E-state index contributed by atoms with van der Waals surface area (Å²) >= 11 is 0. The molecule has 2 heteroatoms.